The Balaban J connectivity index is 2.13. The summed E-state index contributed by atoms with van der Waals surface area (Å²) in [6, 6.07) is 6.33. The van der Waals surface area contributed by atoms with Crippen molar-refractivity contribution in [2.45, 2.75) is 51.2 Å². The van der Waals surface area contributed by atoms with Crippen molar-refractivity contribution in [2.75, 3.05) is 6.61 Å². The van der Waals surface area contributed by atoms with Crippen molar-refractivity contribution < 1.29 is 9.53 Å². The lowest BCUT2D eigenvalue weighted by atomic mass is 9.71. The number of hydrogen-bond donors (Lipinski definition) is 1. The van der Waals surface area contributed by atoms with Crippen LogP contribution in [-0.2, 0) is 15.1 Å². The van der Waals surface area contributed by atoms with E-state index in [1.165, 1.54) is 23.1 Å². The third-order valence-electron chi connectivity index (χ3n) is 4.54. The molecule has 3 heteroatoms. The van der Waals surface area contributed by atoms with Crippen LogP contribution >= 0.6 is 0 Å². The van der Waals surface area contributed by atoms with Gasteiger partial charge in [-0.15, -0.1) is 0 Å². The molecule has 2 aliphatic rings. The molecule has 3 nitrogen and oxygen atoms in total. The van der Waals surface area contributed by atoms with Gasteiger partial charge in [-0.2, -0.15) is 0 Å². The molecule has 3 rings (SSSR count). The summed E-state index contributed by atoms with van der Waals surface area (Å²) in [7, 11) is 0. The highest BCUT2D eigenvalue weighted by molar-refractivity contribution is 5.79. The van der Waals surface area contributed by atoms with E-state index in [4.69, 9.17) is 4.74 Å². The van der Waals surface area contributed by atoms with Crippen molar-refractivity contribution in [3.05, 3.63) is 34.9 Å². The molecule has 1 saturated carbocycles. The third kappa shape index (κ3) is 1.96. The Morgan fingerprint density at radius 3 is 2.74 bits per heavy atom. The smallest absolute Gasteiger partial charge is 0.246 e. The Morgan fingerprint density at radius 2 is 2.00 bits per heavy atom. The zero-order valence-corrected chi connectivity index (χ0v) is 11.7. The number of hydrogen-bond acceptors (Lipinski definition) is 2. The lowest BCUT2D eigenvalue weighted by Crippen LogP contribution is -2.61. The lowest BCUT2D eigenvalue weighted by molar-refractivity contribution is -0.148. The summed E-state index contributed by atoms with van der Waals surface area (Å²) in [4.78, 5) is 11.9. The topological polar surface area (TPSA) is 38.3 Å². The fourth-order valence-corrected chi connectivity index (χ4v) is 3.84. The SMILES string of the molecule is Cc1cccc(C)c1C12CCCCC1OCC(=O)N2. The normalized spacial score (nSPS) is 30.6. The summed E-state index contributed by atoms with van der Waals surface area (Å²) in [5.74, 6) is 0.0146. The van der Waals surface area contributed by atoms with Crippen LogP contribution < -0.4 is 5.32 Å². The lowest BCUT2D eigenvalue weighted by Gasteiger charge is -2.48. The van der Waals surface area contributed by atoms with E-state index >= 15 is 0 Å². The molecule has 1 aromatic rings. The average molecular weight is 259 g/mol. The van der Waals surface area contributed by atoms with Gasteiger partial charge in [-0.1, -0.05) is 31.0 Å². The van der Waals surface area contributed by atoms with Gasteiger partial charge < -0.3 is 10.1 Å². The van der Waals surface area contributed by atoms with Crippen LogP contribution in [0.5, 0.6) is 0 Å². The molecule has 1 N–H and O–H groups in total. The van der Waals surface area contributed by atoms with Crippen LogP contribution in [0, 0.1) is 13.8 Å². The summed E-state index contributed by atoms with van der Waals surface area (Å²) in [5, 5.41) is 3.27. The van der Waals surface area contributed by atoms with Crippen LogP contribution in [0.15, 0.2) is 18.2 Å². The summed E-state index contributed by atoms with van der Waals surface area (Å²) in [5.41, 5.74) is 3.46. The van der Waals surface area contributed by atoms with E-state index < -0.39 is 0 Å². The first-order valence-electron chi connectivity index (χ1n) is 7.13. The Bertz CT molecular complexity index is 491. The molecule has 0 spiro atoms. The number of aryl methyl sites for hydroxylation is 2. The maximum absolute atomic E-state index is 11.9. The maximum atomic E-state index is 11.9. The number of carbonyl (C=O) groups excluding carboxylic acids is 1. The van der Waals surface area contributed by atoms with Gasteiger partial charge in [-0.3, -0.25) is 4.79 Å². The number of nitrogens with one attached hydrogen (secondary N) is 1. The highest BCUT2D eigenvalue weighted by atomic mass is 16.5. The van der Waals surface area contributed by atoms with E-state index in [-0.39, 0.29) is 24.2 Å². The van der Waals surface area contributed by atoms with Gasteiger partial charge in [0, 0.05) is 0 Å². The molecule has 1 saturated heterocycles. The molecule has 2 unspecified atom stereocenters. The number of benzene rings is 1. The van der Waals surface area contributed by atoms with Gasteiger partial charge in [0.25, 0.3) is 0 Å². The average Bonchev–Trinajstić information content (AvgIpc) is 2.38. The second-order valence-electron chi connectivity index (χ2n) is 5.83. The monoisotopic (exact) mass is 259 g/mol. The highest BCUT2D eigenvalue weighted by Gasteiger charge is 2.48. The second kappa shape index (κ2) is 4.64. The number of carbonyl (C=O) groups is 1. The van der Waals surface area contributed by atoms with E-state index in [0.29, 0.717) is 0 Å². The Morgan fingerprint density at radius 1 is 1.26 bits per heavy atom. The molecule has 2 fully saturated rings. The molecule has 1 aliphatic carbocycles. The Labute approximate surface area is 114 Å². The van der Waals surface area contributed by atoms with Gasteiger partial charge in [-0.05, 0) is 43.4 Å². The number of ether oxygens (including phenoxy) is 1. The zero-order valence-electron chi connectivity index (χ0n) is 11.7. The summed E-state index contributed by atoms with van der Waals surface area (Å²) in [6.45, 7) is 4.46. The van der Waals surface area contributed by atoms with Gasteiger partial charge >= 0.3 is 0 Å². The molecule has 1 amide bonds. The van der Waals surface area contributed by atoms with E-state index in [2.05, 4.69) is 37.4 Å². The largest absolute Gasteiger partial charge is 0.366 e. The Hall–Kier alpha value is -1.35. The van der Waals surface area contributed by atoms with Crippen LogP contribution in [0.1, 0.15) is 42.4 Å². The van der Waals surface area contributed by atoms with E-state index in [9.17, 15) is 4.79 Å². The van der Waals surface area contributed by atoms with Gasteiger partial charge in [-0.25, -0.2) is 0 Å². The van der Waals surface area contributed by atoms with Crippen LogP contribution in [-0.4, -0.2) is 18.6 Å². The first-order valence-corrected chi connectivity index (χ1v) is 7.13. The maximum Gasteiger partial charge on any atom is 0.246 e. The number of rotatable bonds is 1. The standard InChI is InChI=1S/C16H21NO2/c1-11-6-5-7-12(2)15(11)16-9-4-3-8-13(16)19-10-14(18)17-16/h5-7,13H,3-4,8-10H2,1-2H3,(H,17,18). The predicted octanol–water partition coefficient (Wildman–Crippen LogP) is 2.59. The Kier molecular flexibility index (Phi) is 3.09. The minimum absolute atomic E-state index is 0.0146. The molecule has 0 radical (unpaired) electrons. The van der Waals surface area contributed by atoms with Gasteiger partial charge in [0.1, 0.15) is 6.61 Å². The van der Waals surface area contributed by atoms with E-state index in [0.717, 1.165) is 19.3 Å². The summed E-state index contributed by atoms with van der Waals surface area (Å²) < 4.78 is 5.85. The van der Waals surface area contributed by atoms with Crippen LogP contribution in [0.3, 0.4) is 0 Å². The number of amides is 1. The summed E-state index contributed by atoms with van der Waals surface area (Å²) >= 11 is 0. The highest BCUT2D eigenvalue weighted by Crippen LogP contribution is 2.43. The molecule has 2 atom stereocenters. The number of fused-ring (bicyclic) bond motifs is 1. The van der Waals surface area contributed by atoms with Crippen molar-refractivity contribution in [3.63, 3.8) is 0 Å². The predicted molar refractivity (Wildman–Crippen MR) is 73.9 cm³/mol. The van der Waals surface area contributed by atoms with Crippen molar-refractivity contribution >= 4 is 5.91 Å². The van der Waals surface area contributed by atoms with Crippen molar-refractivity contribution in [1.82, 2.24) is 5.32 Å². The number of morpholine rings is 1. The zero-order chi connectivity index (χ0) is 13.5. The molecule has 1 heterocycles. The first-order chi connectivity index (χ1) is 9.13. The molecular weight excluding hydrogens is 238 g/mol. The van der Waals surface area contributed by atoms with Gasteiger partial charge in [0.05, 0.1) is 11.6 Å². The van der Waals surface area contributed by atoms with Crippen LogP contribution in [0.4, 0.5) is 0 Å². The second-order valence-corrected chi connectivity index (χ2v) is 5.83. The van der Waals surface area contributed by atoms with Crippen LogP contribution in [0.2, 0.25) is 0 Å². The first kappa shape index (κ1) is 12.7. The molecule has 19 heavy (non-hydrogen) atoms. The van der Waals surface area contributed by atoms with Crippen molar-refractivity contribution in [1.29, 1.82) is 0 Å². The van der Waals surface area contributed by atoms with Crippen molar-refractivity contribution in [2.24, 2.45) is 0 Å². The molecule has 1 aliphatic heterocycles. The molecule has 0 aromatic heterocycles. The molecular formula is C16H21NO2. The van der Waals surface area contributed by atoms with Gasteiger partial charge in [0.2, 0.25) is 5.91 Å². The van der Waals surface area contributed by atoms with E-state index in [1.807, 2.05) is 0 Å². The minimum Gasteiger partial charge on any atom is -0.366 e. The quantitative estimate of drug-likeness (QED) is 0.842. The fourth-order valence-electron chi connectivity index (χ4n) is 3.84. The summed E-state index contributed by atoms with van der Waals surface area (Å²) in [6.07, 6.45) is 4.48. The molecule has 1 aromatic carbocycles. The third-order valence-corrected chi connectivity index (χ3v) is 4.54. The van der Waals surface area contributed by atoms with Gasteiger partial charge in [0.15, 0.2) is 0 Å². The van der Waals surface area contributed by atoms with Crippen molar-refractivity contribution in [3.8, 4) is 0 Å². The molecule has 0 bridgehead atoms. The van der Waals surface area contributed by atoms with E-state index in [1.54, 1.807) is 0 Å². The molecule has 102 valence electrons. The van der Waals surface area contributed by atoms with Crippen LogP contribution in [0.25, 0.3) is 0 Å². The minimum atomic E-state index is -0.303. The fraction of sp³-hybridized carbons (Fsp3) is 0.562.